The summed E-state index contributed by atoms with van der Waals surface area (Å²) in [6, 6.07) is 15.1. The van der Waals surface area contributed by atoms with Gasteiger partial charge in [0.1, 0.15) is 17.2 Å². The minimum Gasteiger partial charge on any atom is -0.497 e. The second kappa shape index (κ2) is 11.7. The first-order chi connectivity index (χ1) is 18.1. The van der Waals surface area contributed by atoms with E-state index in [1.807, 2.05) is 59.6 Å². The number of imidazole rings is 1. The third kappa shape index (κ3) is 5.89. The van der Waals surface area contributed by atoms with E-state index in [1.165, 1.54) is 0 Å². The lowest BCUT2D eigenvalue weighted by Gasteiger charge is -2.25. The molecule has 3 heterocycles. The first-order valence-corrected chi connectivity index (χ1v) is 13.3. The number of hydrogen-bond acceptors (Lipinski definition) is 7. The fraction of sp³-hybridized carbons (Fsp3) is 0.357. The highest BCUT2D eigenvalue weighted by Gasteiger charge is 2.23. The molecular weight excluding hydrogens is 490 g/mol. The van der Waals surface area contributed by atoms with Gasteiger partial charge in [-0.3, -0.25) is 9.20 Å². The molecular formula is C28H31N3O5S. The standard InChI is InChI=1S/C28H31N3O5S/c1-33-22-10-11-26(34-2)24(15-22)25-17-31-20(19-37-28(31)29-25)12-13-30(16-23-9-6-14-35-23)27(32)18-36-21-7-4-3-5-8-21/h3-5,7-8,10-11,15,17,19,23H,6,9,12-14,16,18H2,1-2H3. The molecule has 1 aliphatic heterocycles. The van der Waals surface area contributed by atoms with Gasteiger partial charge in [0.05, 0.1) is 26.0 Å². The van der Waals surface area contributed by atoms with E-state index in [9.17, 15) is 4.79 Å². The first-order valence-electron chi connectivity index (χ1n) is 12.4. The highest BCUT2D eigenvalue weighted by molar-refractivity contribution is 7.15. The average Bonchev–Trinajstić information content (AvgIpc) is 3.68. The van der Waals surface area contributed by atoms with Crippen molar-refractivity contribution in [2.45, 2.75) is 25.4 Å². The Bertz CT molecular complexity index is 1330. The number of fused-ring (bicyclic) bond motifs is 1. The van der Waals surface area contributed by atoms with Gasteiger partial charge in [-0.2, -0.15) is 0 Å². The Morgan fingerprint density at radius 2 is 2.03 bits per heavy atom. The molecule has 0 radical (unpaired) electrons. The van der Waals surface area contributed by atoms with Crippen LogP contribution in [0, 0.1) is 0 Å². The summed E-state index contributed by atoms with van der Waals surface area (Å²) in [5.74, 6) is 2.12. The normalized spacial score (nSPS) is 15.1. The fourth-order valence-corrected chi connectivity index (χ4v) is 5.42. The molecule has 8 nitrogen and oxygen atoms in total. The Balaban J connectivity index is 1.31. The predicted octanol–water partition coefficient (Wildman–Crippen LogP) is 4.71. The maximum absolute atomic E-state index is 13.2. The summed E-state index contributed by atoms with van der Waals surface area (Å²) in [6.07, 6.45) is 4.78. The minimum absolute atomic E-state index is 0.000634. The quantitative estimate of drug-likeness (QED) is 0.285. The molecule has 9 heteroatoms. The molecule has 194 valence electrons. The Labute approximate surface area is 220 Å². The number of methoxy groups -OCH3 is 2. The predicted molar refractivity (Wildman–Crippen MR) is 143 cm³/mol. The second-order valence-corrected chi connectivity index (χ2v) is 9.74. The lowest BCUT2D eigenvalue weighted by molar-refractivity contribution is -0.134. The van der Waals surface area contributed by atoms with Crippen LogP contribution >= 0.6 is 11.3 Å². The summed E-state index contributed by atoms with van der Waals surface area (Å²) in [4.78, 5) is 20.7. The van der Waals surface area contributed by atoms with Crippen LogP contribution in [-0.2, 0) is 16.0 Å². The van der Waals surface area contributed by atoms with Crippen LogP contribution in [-0.4, -0.2) is 66.8 Å². The van der Waals surface area contributed by atoms with Crippen LogP contribution in [0.15, 0.2) is 60.1 Å². The van der Waals surface area contributed by atoms with Crippen LogP contribution < -0.4 is 14.2 Å². The largest absolute Gasteiger partial charge is 0.497 e. The van der Waals surface area contributed by atoms with Crippen molar-refractivity contribution in [3.63, 3.8) is 0 Å². The number of carbonyl (C=O) groups excluding carboxylic acids is 1. The molecule has 0 N–H and O–H groups in total. The summed E-state index contributed by atoms with van der Waals surface area (Å²) < 4.78 is 24.6. The third-order valence-corrected chi connectivity index (χ3v) is 7.40. The number of para-hydroxylation sites is 1. The molecule has 2 aromatic carbocycles. The van der Waals surface area contributed by atoms with E-state index in [-0.39, 0.29) is 18.6 Å². The average molecular weight is 522 g/mol. The lowest BCUT2D eigenvalue weighted by Crippen LogP contribution is -2.41. The molecule has 37 heavy (non-hydrogen) atoms. The number of benzene rings is 2. The van der Waals surface area contributed by atoms with Gasteiger partial charge < -0.3 is 23.8 Å². The Morgan fingerprint density at radius 3 is 2.78 bits per heavy atom. The van der Waals surface area contributed by atoms with E-state index < -0.39 is 0 Å². The molecule has 1 atom stereocenters. The van der Waals surface area contributed by atoms with Crippen molar-refractivity contribution in [1.29, 1.82) is 0 Å². The van der Waals surface area contributed by atoms with Crippen LogP contribution in [0.3, 0.4) is 0 Å². The Kier molecular flexibility index (Phi) is 7.91. The van der Waals surface area contributed by atoms with E-state index in [0.717, 1.165) is 52.9 Å². The van der Waals surface area contributed by atoms with Crippen molar-refractivity contribution >= 4 is 22.2 Å². The summed E-state index contributed by atoms with van der Waals surface area (Å²) in [6.45, 7) is 1.89. The Hall–Kier alpha value is -3.56. The van der Waals surface area contributed by atoms with Crippen LogP contribution in [0.1, 0.15) is 18.5 Å². The van der Waals surface area contributed by atoms with Crippen LogP contribution in [0.25, 0.3) is 16.2 Å². The lowest BCUT2D eigenvalue weighted by atomic mass is 10.1. The van der Waals surface area contributed by atoms with Gasteiger partial charge in [0.15, 0.2) is 11.6 Å². The van der Waals surface area contributed by atoms with E-state index in [1.54, 1.807) is 25.6 Å². The number of rotatable bonds is 11. The fourth-order valence-electron chi connectivity index (χ4n) is 4.51. The summed E-state index contributed by atoms with van der Waals surface area (Å²) in [5.41, 5.74) is 2.78. The molecule has 5 rings (SSSR count). The van der Waals surface area contributed by atoms with Crippen LogP contribution in [0.2, 0.25) is 0 Å². The van der Waals surface area contributed by atoms with Gasteiger partial charge in [-0.15, -0.1) is 11.3 Å². The molecule has 2 aromatic heterocycles. The van der Waals surface area contributed by atoms with Crippen molar-refractivity contribution < 1.29 is 23.7 Å². The van der Waals surface area contributed by atoms with Crippen molar-refractivity contribution in [2.75, 3.05) is 40.5 Å². The highest BCUT2D eigenvalue weighted by atomic mass is 32.1. The number of nitrogens with zero attached hydrogens (tertiary/aromatic N) is 3. The first kappa shape index (κ1) is 25.1. The monoisotopic (exact) mass is 521 g/mol. The second-order valence-electron chi connectivity index (χ2n) is 8.90. The summed E-state index contributed by atoms with van der Waals surface area (Å²) in [5, 5.41) is 2.10. The molecule has 1 aliphatic rings. The van der Waals surface area contributed by atoms with E-state index in [0.29, 0.717) is 25.3 Å². The highest BCUT2D eigenvalue weighted by Crippen LogP contribution is 2.34. The SMILES string of the molecule is COc1ccc(OC)c(-c2cn3c(CCN(CC4CCCO4)C(=O)COc4ccccc4)csc3n2)c1. The van der Waals surface area contributed by atoms with Crippen molar-refractivity contribution in [3.05, 3.63) is 65.8 Å². The van der Waals surface area contributed by atoms with Gasteiger partial charge in [-0.1, -0.05) is 18.2 Å². The molecule has 0 saturated carbocycles. The number of hydrogen-bond donors (Lipinski definition) is 0. The van der Waals surface area contributed by atoms with Gasteiger partial charge in [0, 0.05) is 49.0 Å². The van der Waals surface area contributed by atoms with Gasteiger partial charge in [-0.25, -0.2) is 4.98 Å². The smallest absolute Gasteiger partial charge is 0.260 e. The zero-order chi connectivity index (χ0) is 25.6. The van der Waals surface area contributed by atoms with Crippen LogP contribution in [0.4, 0.5) is 0 Å². The number of ether oxygens (including phenoxy) is 4. The topological polar surface area (TPSA) is 74.5 Å². The number of thiazole rings is 1. The van der Waals surface area contributed by atoms with Crippen LogP contribution in [0.5, 0.6) is 17.2 Å². The molecule has 0 spiro atoms. The molecule has 1 unspecified atom stereocenters. The maximum atomic E-state index is 13.2. The zero-order valence-electron chi connectivity index (χ0n) is 21.1. The van der Waals surface area contributed by atoms with E-state index >= 15 is 0 Å². The number of amides is 1. The third-order valence-electron chi connectivity index (χ3n) is 6.51. The number of carbonyl (C=O) groups is 1. The molecule has 0 bridgehead atoms. The Morgan fingerprint density at radius 1 is 1.16 bits per heavy atom. The van der Waals surface area contributed by atoms with E-state index in [2.05, 4.69) is 9.78 Å². The maximum Gasteiger partial charge on any atom is 0.260 e. The van der Waals surface area contributed by atoms with Crippen molar-refractivity contribution in [2.24, 2.45) is 0 Å². The van der Waals surface area contributed by atoms with Gasteiger partial charge in [-0.05, 0) is 43.2 Å². The summed E-state index contributed by atoms with van der Waals surface area (Å²) in [7, 11) is 3.29. The molecule has 4 aromatic rings. The van der Waals surface area contributed by atoms with Crippen molar-refractivity contribution in [1.82, 2.24) is 14.3 Å². The molecule has 1 amide bonds. The van der Waals surface area contributed by atoms with Gasteiger partial charge >= 0.3 is 0 Å². The zero-order valence-corrected chi connectivity index (χ0v) is 21.9. The van der Waals surface area contributed by atoms with Gasteiger partial charge in [0.2, 0.25) is 0 Å². The molecule has 1 saturated heterocycles. The van der Waals surface area contributed by atoms with E-state index in [4.69, 9.17) is 23.9 Å². The molecule has 1 fully saturated rings. The summed E-state index contributed by atoms with van der Waals surface area (Å²) >= 11 is 1.58. The van der Waals surface area contributed by atoms with Gasteiger partial charge in [0.25, 0.3) is 5.91 Å². The minimum atomic E-state index is -0.0433. The molecule has 0 aliphatic carbocycles. The number of aromatic nitrogens is 2. The van der Waals surface area contributed by atoms with Crippen molar-refractivity contribution in [3.8, 4) is 28.5 Å².